The first-order chi connectivity index (χ1) is 11.4. The Kier molecular flexibility index (Phi) is 8.74. The molecule has 0 aromatic heterocycles. The number of methoxy groups -OCH3 is 1. The van der Waals surface area contributed by atoms with Gasteiger partial charge in [0.05, 0.1) is 24.8 Å². The highest BCUT2D eigenvalue weighted by Crippen LogP contribution is 2.27. The molecule has 2 atom stereocenters. The van der Waals surface area contributed by atoms with Crippen LogP contribution in [0.5, 0.6) is 5.75 Å². The predicted octanol–water partition coefficient (Wildman–Crippen LogP) is 2.33. The van der Waals surface area contributed by atoms with Crippen LogP contribution in [0.25, 0.3) is 0 Å². The molecular weight excluding hydrogens is 459 g/mol. The minimum atomic E-state index is -0.380. The first-order valence-electron chi connectivity index (χ1n) is 7.67. The SMILES string of the molecule is COc1ccc(NC(N)=NCC2CCC(C(=O)N(C)C)O2)cc1Cl.I. The fraction of sp³-hybridized carbons (Fsp3) is 0.500. The van der Waals surface area contributed by atoms with Gasteiger partial charge in [-0.15, -0.1) is 24.0 Å². The number of nitrogens with two attached hydrogens (primary N) is 1. The number of nitrogens with zero attached hydrogens (tertiary/aromatic N) is 2. The zero-order valence-electron chi connectivity index (χ0n) is 14.5. The van der Waals surface area contributed by atoms with Crippen LogP contribution in [0.2, 0.25) is 5.02 Å². The number of halogens is 2. The number of ether oxygens (including phenoxy) is 2. The van der Waals surface area contributed by atoms with Gasteiger partial charge in [0, 0.05) is 19.8 Å². The van der Waals surface area contributed by atoms with Gasteiger partial charge >= 0.3 is 0 Å². The number of likely N-dealkylation sites (N-methyl/N-ethyl adjacent to an activating group) is 1. The van der Waals surface area contributed by atoms with Crippen LogP contribution in [-0.2, 0) is 9.53 Å². The topological polar surface area (TPSA) is 89.2 Å². The van der Waals surface area contributed by atoms with Gasteiger partial charge in [-0.3, -0.25) is 9.79 Å². The van der Waals surface area contributed by atoms with E-state index < -0.39 is 0 Å². The molecule has 1 aromatic rings. The third-order valence-electron chi connectivity index (χ3n) is 3.71. The molecular formula is C16H24ClIN4O3. The van der Waals surface area contributed by atoms with E-state index in [0.29, 0.717) is 23.7 Å². The summed E-state index contributed by atoms with van der Waals surface area (Å²) >= 11 is 6.06. The van der Waals surface area contributed by atoms with E-state index in [1.807, 2.05) is 0 Å². The summed E-state index contributed by atoms with van der Waals surface area (Å²) < 4.78 is 10.8. The molecule has 2 unspecified atom stereocenters. The number of aliphatic imine (C=N–C) groups is 1. The summed E-state index contributed by atoms with van der Waals surface area (Å²) in [4.78, 5) is 17.7. The number of guanidine groups is 1. The van der Waals surface area contributed by atoms with Crippen LogP contribution in [0, 0.1) is 0 Å². The highest BCUT2D eigenvalue weighted by molar-refractivity contribution is 14.0. The van der Waals surface area contributed by atoms with Crippen molar-refractivity contribution in [3.63, 3.8) is 0 Å². The average molecular weight is 483 g/mol. The fourth-order valence-corrected chi connectivity index (χ4v) is 2.70. The highest BCUT2D eigenvalue weighted by Gasteiger charge is 2.31. The Morgan fingerprint density at radius 2 is 2.20 bits per heavy atom. The summed E-state index contributed by atoms with van der Waals surface area (Å²) in [6, 6.07) is 5.25. The number of benzene rings is 1. The Morgan fingerprint density at radius 1 is 1.48 bits per heavy atom. The summed E-state index contributed by atoms with van der Waals surface area (Å²) in [6.45, 7) is 0.403. The lowest BCUT2D eigenvalue weighted by molar-refractivity contribution is -0.140. The molecule has 9 heteroatoms. The van der Waals surface area contributed by atoms with Gasteiger partial charge in [-0.1, -0.05) is 11.6 Å². The quantitative estimate of drug-likeness (QED) is 0.382. The summed E-state index contributed by atoms with van der Waals surface area (Å²) in [5.74, 6) is 0.844. The van der Waals surface area contributed by atoms with E-state index in [1.54, 1.807) is 44.3 Å². The predicted molar refractivity (Wildman–Crippen MR) is 110 cm³/mol. The number of carbonyl (C=O) groups excluding carboxylic acids is 1. The Hall–Kier alpha value is -1.26. The number of rotatable bonds is 5. The third-order valence-corrected chi connectivity index (χ3v) is 4.01. The van der Waals surface area contributed by atoms with Crippen molar-refractivity contribution >= 4 is 53.1 Å². The van der Waals surface area contributed by atoms with Gasteiger partial charge in [0.2, 0.25) is 0 Å². The lowest BCUT2D eigenvalue weighted by Crippen LogP contribution is -2.34. The average Bonchev–Trinajstić information content (AvgIpc) is 3.01. The molecule has 7 nitrogen and oxygen atoms in total. The molecule has 0 aliphatic carbocycles. The Morgan fingerprint density at radius 3 is 2.80 bits per heavy atom. The monoisotopic (exact) mass is 482 g/mol. The second-order valence-corrected chi connectivity index (χ2v) is 6.16. The summed E-state index contributed by atoms with van der Waals surface area (Å²) in [5.41, 5.74) is 6.60. The van der Waals surface area contributed by atoms with Crippen LogP contribution in [-0.4, -0.2) is 56.7 Å². The van der Waals surface area contributed by atoms with Crippen molar-refractivity contribution in [2.24, 2.45) is 10.7 Å². The van der Waals surface area contributed by atoms with E-state index >= 15 is 0 Å². The molecule has 1 amide bonds. The van der Waals surface area contributed by atoms with Crippen LogP contribution in [0.4, 0.5) is 5.69 Å². The number of carbonyl (C=O) groups is 1. The van der Waals surface area contributed by atoms with E-state index in [2.05, 4.69) is 10.3 Å². The molecule has 0 bridgehead atoms. The molecule has 0 saturated carbocycles. The Balaban J connectivity index is 0.00000312. The number of hydrogen-bond donors (Lipinski definition) is 2. The van der Waals surface area contributed by atoms with Crippen LogP contribution in [0.3, 0.4) is 0 Å². The molecule has 0 spiro atoms. The Labute approximate surface area is 169 Å². The second-order valence-electron chi connectivity index (χ2n) is 5.76. The summed E-state index contributed by atoms with van der Waals surface area (Å²) in [7, 11) is 5.00. The van der Waals surface area contributed by atoms with Crippen LogP contribution in [0.1, 0.15) is 12.8 Å². The maximum Gasteiger partial charge on any atom is 0.251 e. The molecule has 1 fully saturated rings. The van der Waals surface area contributed by atoms with Crippen LogP contribution >= 0.6 is 35.6 Å². The molecule has 2 rings (SSSR count). The van der Waals surface area contributed by atoms with E-state index in [4.69, 9.17) is 26.8 Å². The van der Waals surface area contributed by atoms with Gasteiger partial charge in [0.15, 0.2) is 5.96 Å². The normalized spacial score (nSPS) is 19.9. The lowest BCUT2D eigenvalue weighted by atomic mass is 10.2. The zero-order valence-corrected chi connectivity index (χ0v) is 17.6. The van der Waals surface area contributed by atoms with Crippen LogP contribution in [0.15, 0.2) is 23.2 Å². The third kappa shape index (κ3) is 6.19. The summed E-state index contributed by atoms with van der Waals surface area (Å²) in [6.07, 6.45) is 1.02. The van der Waals surface area contributed by atoms with E-state index in [-0.39, 0.29) is 48.1 Å². The minimum absolute atomic E-state index is 0. The maximum absolute atomic E-state index is 11.9. The van der Waals surface area contributed by atoms with Gasteiger partial charge in [-0.2, -0.15) is 0 Å². The van der Waals surface area contributed by atoms with Gasteiger partial charge in [-0.25, -0.2) is 0 Å². The van der Waals surface area contributed by atoms with E-state index in [9.17, 15) is 4.79 Å². The van der Waals surface area contributed by atoms with Gasteiger partial charge in [-0.05, 0) is 31.0 Å². The number of anilines is 1. The van der Waals surface area contributed by atoms with E-state index in [0.717, 1.165) is 12.1 Å². The maximum atomic E-state index is 11.9. The van der Waals surface area contributed by atoms with Crippen molar-refractivity contribution in [2.45, 2.75) is 25.0 Å². The number of hydrogen-bond acceptors (Lipinski definition) is 4. The Bertz CT molecular complexity index is 627. The zero-order chi connectivity index (χ0) is 17.7. The largest absolute Gasteiger partial charge is 0.495 e. The van der Waals surface area contributed by atoms with Crippen molar-refractivity contribution in [1.29, 1.82) is 0 Å². The highest BCUT2D eigenvalue weighted by atomic mass is 127. The van der Waals surface area contributed by atoms with E-state index in [1.165, 1.54) is 0 Å². The molecule has 1 aliphatic rings. The minimum Gasteiger partial charge on any atom is -0.495 e. The van der Waals surface area contributed by atoms with Gasteiger partial charge in [0.25, 0.3) is 5.91 Å². The number of amides is 1. The van der Waals surface area contributed by atoms with Crippen molar-refractivity contribution in [3.8, 4) is 5.75 Å². The number of nitrogens with one attached hydrogen (secondary N) is 1. The van der Waals surface area contributed by atoms with Gasteiger partial charge in [0.1, 0.15) is 11.9 Å². The van der Waals surface area contributed by atoms with Crippen molar-refractivity contribution < 1.29 is 14.3 Å². The fourth-order valence-electron chi connectivity index (χ4n) is 2.44. The summed E-state index contributed by atoms with van der Waals surface area (Å²) in [5, 5.41) is 3.45. The van der Waals surface area contributed by atoms with Crippen molar-refractivity contribution in [2.75, 3.05) is 33.1 Å². The molecule has 140 valence electrons. The first kappa shape index (κ1) is 21.8. The smallest absolute Gasteiger partial charge is 0.251 e. The van der Waals surface area contributed by atoms with Crippen molar-refractivity contribution in [1.82, 2.24) is 4.90 Å². The molecule has 0 radical (unpaired) electrons. The molecule has 1 heterocycles. The molecule has 3 N–H and O–H groups in total. The molecule has 25 heavy (non-hydrogen) atoms. The molecule has 1 aromatic carbocycles. The van der Waals surface area contributed by atoms with Crippen molar-refractivity contribution in [3.05, 3.63) is 23.2 Å². The second kappa shape index (κ2) is 10.0. The lowest BCUT2D eigenvalue weighted by Gasteiger charge is -2.16. The standard InChI is InChI=1S/C16H23ClN4O3.HI/c1-21(2)15(22)14-7-5-11(24-14)9-19-16(18)20-10-4-6-13(23-3)12(17)8-10;/h4,6,8,11,14H,5,7,9H2,1-3H3,(H3,18,19,20);1H. The van der Waals surface area contributed by atoms with Gasteiger partial charge < -0.3 is 25.4 Å². The van der Waals surface area contributed by atoms with Crippen LogP contribution < -0.4 is 15.8 Å². The molecule has 1 saturated heterocycles. The first-order valence-corrected chi connectivity index (χ1v) is 8.05. The molecule has 1 aliphatic heterocycles.